The van der Waals surface area contributed by atoms with E-state index in [1.54, 1.807) is 6.92 Å². The summed E-state index contributed by atoms with van der Waals surface area (Å²) >= 11 is 0. The number of phosphoric acid groups is 1. The fourth-order valence-electron chi connectivity index (χ4n) is 2.44. The lowest BCUT2D eigenvalue weighted by Gasteiger charge is -2.18. The van der Waals surface area contributed by atoms with Crippen molar-refractivity contribution in [2.45, 2.75) is 66.2 Å². The molecule has 0 fully saturated rings. The van der Waals surface area contributed by atoms with Crippen molar-refractivity contribution in [1.29, 1.82) is 0 Å². The second-order valence-corrected chi connectivity index (χ2v) is 6.96. The first-order valence-electron chi connectivity index (χ1n) is 8.22. The van der Waals surface area contributed by atoms with Crippen LogP contribution in [0.5, 0.6) is 5.75 Å². The van der Waals surface area contributed by atoms with E-state index in [4.69, 9.17) is 9.05 Å². The van der Waals surface area contributed by atoms with Gasteiger partial charge in [-0.3, -0.25) is 9.42 Å². The van der Waals surface area contributed by atoms with Gasteiger partial charge in [0.05, 0.1) is 6.61 Å². The van der Waals surface area contributed by atoms with Crippen molar-refractivity contribution in [1.82, 2.24) is 0 Å². The summed E-state index contributed by atoms with van der Waals surface area (Å²) < 4.78 is 22.1. The molecule has 0 aliphatic heterocycles. The van der Waals surface area contributed by atoms with Crippen LogP contribution >= 0.6 is 7.82 Å². The fraction of sp³-hybridized carbons (Fsp3) is 0.647. The number of benzene rings is 1. The molecule has 0 saturated carbocycles. The molecule has 4 nitrogen and oxygen atoms in total. The Morgan fingerprint density at radius 1 is 1.09 bits per heavy atom. The lowest BCUT2D eigenvalue weighted by atomic mass is 9.98. The van der Waals surface area contributed by atoms with E-state index < -0.39 is 7.82 Å². The molecule has 1 atom stereocenters. The number of phosphoric ester groups is 1. The van der Waals surface area contributed by atoms with Crippen LogP contribution in [-0.2, 0) is 21.9 Å². The number of aryl methyl sites for hydroxylation is 3. The molecule has 0 aromatic heterocycles. The molecule has 1 rings (SSSR count). The maximum Gasteiger partial charge on any atom is 0.527 e. The Balaban J connectivity index is 3.09. The number of rotatable bonds is 10. The SMILES string of the molecule is CCCCc1cc(C)c(OP(=O)(O)OCC)c(CCCC)c1. The summed E-state index contributed by atoms with van der Waals surface area (Å²) in [5, 5.41) is 0. The van der Waals surface area contributed by atoms with E-state index in [-0.39, 0.29) is 6.61 Å². The highest BCUT2D eigenvalue weighted by Gasteiger charge is 2.24. The highest BCUT2D eigenvalue weighted by Crippen LogP contribution is 2.46. The first-order valence-corrected chi connectivity index (χ1v) is 9.72. The van der Waals surface area contributed by atoms with E-state index in [9.17, 15) is 9.46 Å². The predicted molar refractivity (Wildman–Crippen MR) is 90.5 cm³/mol. The molecule has 1 N–H and O–H groups in total. The average molecular weight is 328 g/mol. The minimum absolute atomic E-state index is 0.145. The van der Waals surface area contributed by atoms with Gasteiger partial charge in [0.2, 0.25) is 0 Å². The highest BCUT2D eigenvalue weighted by molar-refractivity contribution is 7.47. The van der Waals surface area contributed by atoms with E-state index in [1.165, 1.54) is 5.56 Å². The fourth-order valence-corrected chi connectivity index (χ4v) is 3.31. The normalized spacial score (nSPS) is 13.9. The first kappa shape index (κ1) is 19.2. The number of hydrogen-bond acceptors (Lipinski definition) is 3. The molecule has 0 radical (unpaired) electrons. The van der Waals surface area contributed by atoms with Crippen molar-refractivity contribution in [2.24, 2.45) is 0 Å². The van der Waals surface area contributed by atoms with Crippen LogP contribution in [0.15, 0.2) is 12.1 Å². The van der Waals surface area contributed by atoms with Gasteiger partial charge in [0, 0.05) is 0 Å². The molecule has 22 heavy (non-hydrogen) atoms. The second kappa shape index (κ2) is 9.34. The van der Waals surface area contributed by atoms with Crippen LogP contribution in [0.2, 0.25) is 0 Å². The van der Waals surface area contributed by atoms with Gasteiger partial charge in [-0.15, -0.1) is 0 Å². The van der Waals surface area contributed by atoms with Crippen LogP contribution in [0.4, 0.5) is 0 Å². The lowest BCUT2D eigenvalue weighted by molar-refractivity contribution is 0.212. The molecule has 0 aliphatic carbocycles. The van der Waals surface area contributed by atoms with Gasteiger partial charge < -0.3 is 4.52 Å². The summed E-state index contributed by atoms with van der Waals surface area (Å²) in [6.45, 7) is 8.04. The van der Waals surface area contributed by atoms with Gasteiger partial charge in [-0.2, -0.15) is 0 Å². The molecule has 0 heterocycles. The third kappa shape index (κ3) is 6.12. The van der Waals surface area contributed by atoms with Crippen molar-refractivity contribution in [2.75, 3.05) is 6.61 Å². The molecule has 0 bridgehead atoms. The third-order valence-electron chi connectivity index (χ3n) is 3.53. The third-order valence-corrected chi connectivity index (χ3v) is 4.53. The monoisotopic (exact) mass is 328 g/mol. The summed E-state index contributed by atoms with van der Waals surface area (Å²) in [7, 11) is -4.04. The minimum atomic E-state index is -4.04. The van der Waals surface area contributed by atoms with Crippen LogP contribution in [0.3, 0.4) is 0 Å². The smallest absolute Gasteiger partial charge is 0.404 e. The summed E-state index contributed by atoms with van der Waals surface area (Å²) in [5.41, 5.74) is 3.16. The predicted octanol–water partition coefficient (Wildman–Crippen LogP) is 5.20. The van der Waals surface area contributed by atoms with Crippen LogP contribution in [0, 0.1) is 6.92 Å². The van der Waals surface area contributed by atoms with Gasteiger partial charge in [0.15, 0.2) is 0 Å². The molecular formula is C17H29O4P. The molecule has 0 saturated heterocycles. The van der Waals surface area contributed by atoms with Gasteiger partial charge in [-0.25, -0.2) is 4.57 Å². The Kier molecular flexibility index (Phi) is 8.16. The molecule has 5 heteroatoms. The Labute approximate surface area is 134 Å². The second-order valence-electron chi connectivity index (χ2n) is 5.59. The molecule has 1 aromatic carbocycles. The topological polar surface area (TPSA) is 55.8 Å². The largest absolute Gasteiger partial charge is 0.527 e. The quantitative estimate of drug-likeness (QED) is 0.600. The van der Waals surface area contributed by atoms with E-state index in [2.05, 4.69) is 19.9 Å². The van der Waals surface area contributed by atoms with E-state index >= 15 is 0 Å². The van der Waals surface area contributed by atoms with Gasteiger partial charge in [-0.1, -0.05) is 38.8 Å². The summed E-state index contributed by atoms with van der Waals surface area (Å²) in [6.07, 6.45) is 6.26. The first-order chi connectivity index (χ1) is 10.4. The zero-order valence-corrected chi connectivity index (χ0v) is 15.1. The van der Waals surface area contributed by atoms with Gasteiger partial charge in [0.25, 0.3) is 0 Å². The molecule has 1 aromatic rings. The maximum atomic E-state index is 11.9. The van der Waals surface area contributed by atoms with Crippen LogP contribution in [0.25, 0.3) is 0 Å². The van der Waals surface area contributed by atoms with E-state index in [0.717, 1.165) is 49.7 Å². The summed E-state index contributed by atoms with van der Waals surface area (Å²) in [6, 6.07) is 4.16. The molecule has 0 aliphatic rings. The van der Waals surface area contributed by atoms with E-state index in [0.29, 0.717) is 5.75 Å². The molecule has 1 unspecified atom stereocenters. The number of unbranched alkanes of at least 4 members (excludes halogenated alkanes) is 2. The molecule has 0 spiro atoms. The van der Waals surface area contributed by atoms with Crippen molar-refractivity contribution in [3.05, 3.63) is 28.8 Å². The Bertz CT molecular complexity index is 514. The van der Waals surface area contributed by atoms with Crippen molar-refractivity contribution >= 4 is 7.82 Å². The lowest BCUT2D eigenvalue weighted by Crippen LogP contribution is -2.03. The molecule has 0 amide bonds. The zero-order chi connectivity index (χ0) is 16.6. The standard InChI is InChI=1S/C17H29O4P/c1-5-8-10-15-12-14(4)17(16(13-15)11-9-6-2)21-22(18,19)20-7-3/h12-13H,5-11H2,1-4H3,(H,18,19). The Morgan fingerprint density at radius 3 is 2.32 bits per heavy atom. The molecular weight excluding hydrogens is 299 g/mol. The molecule has 126 valence electrons. The minimum Gasteiger partial charge on any atom is -0.404 e. The Morgan fingerprint density at radius 2 is 1.73 bits per heavy atom. The van der Waals surface area contributed by atoms with E-state index in [1.807, 2.05) is 13.0 Å². The van der Waals surface area contributed by atoms with Crippen molar-refractivity contribution in [3.8, 4) is 5.75 Å². The van der Waals surface area contributed by atoms with Gasteiger partial charge in [-0.05, 0) is 56.2 Å². The zero-order valence-electron chi connectivity index (χ0n) is 14.2. The average Bonchev–Trinajstić information content (AvgIpc) is 2.45. The highest BCUT2D eigenvalue weighted by atomic mass is 31.2. The van der Waals surface area contributed by atoms with Crippen molar-refractivity contribution in [3.63, 3.8) is 0 Å². The Hall–Kier alpha value is -0.830. The van der Waals surface area contributed by atoms with Crippen LogP contribution < -0.4 is 4.52 Å². The van der Waals surface area contributed by atoms with Gasteiger partial charge in [0.1, 0.15) is 5.75 Å². The van der Waals surface area contributed by atoms with Gasteiger partial charge >= 0.3 is 7.82 Å². The van der Waals surface area contributed by atoms with Crippen LogP contribution in [-0.4, -0.2) is 11.5 Å². The number of hydrogen-bond donors (Lipinski definition) is 1. The summed E-state index contributed by atoms with van der Waals surface area (Å²) in [4.78, 5) is 9.76. The summed E-state index contributed by atoms with van der Waals surface area (Å²) in [5.74, 6) is 0.507. The van der Waals surface area contributed by atoms with Crippen molar-refractivity contribution < 1.29 is 18.5 Å². The van der Waals surface area contributed by atoms with Crippen LogP contribution in [0.1, 0.15) is 63.1 Å². The maximum absolute atomic E-state index is 11.9.